The number of nitrogens with zero attached hydrogens (tertiary/aromatic N) is 2. The van der Waals surface area contributed by atoms with Crippen LogP contribution in [-0.2, 0) is 16.8 Å². The monoisotopic (exact) mass is 421 g/mol. The minimum absolute atomic E-state index is 0.0505. The number of hydrogen-bond acceptors (Lipinski definition) is 5. The molecule has 0 atom stereocenters. The first-order valence-electron chi connectivity index (χ1n) is 9.53. The number of aryl methyl sites for hydroxylation is 1. The zero-order valence-corrected chi connectivity index (χ0v) is 17.7. The van der Waals surface area contributed by atoms with Crippen LogP contribution in [0.2, 0.25) is 0 Å². The van der Waals surface area contributed by atoms with Gasteiger partial charge < -0.3 is 14.5 Å². The lowest BCUT2D eigenvalue weighted by Crippen LogP contribution is -2.46. The van der Waals surface area contributed by atoms with Gasteiger partial charge in [0.25, 0.3) is 16.1 Å². The molecule has 1 aromatic heterocycles. The third-order valence-corrected chi connectivity index (χ3v) is 6.77. The summed E-state index contributed by atoms with van der Waals surface area (Å²) in [6.45, 7) is 3.05. The van der Waals surface area contributed by atoms with Crippen molar-refractivity contribution in [3.63, 3.8) is 0 Å². The largest absolute Gasteiger partial charge is 0.490 e. The van der Waals surface area contributed by atoms with Gasteiger partial charge in [0.2, 0.25) is 0 Å². The molecule has 158 valence electrons. The average Bonchev–Trinajstić information content (AvgIpc) is 3.12. The molecule has 0 unspecified atom stereocenters. The van der Waals surface area contributed by atoms with E-state index in [0.29, 0.717) is 49.5 Å². The first-order chi connectivity index (χ1) is 13.8. The van der Waals surface area contributed by atoms with Gasteiger partial charge in [-0.05, 0) is 56.2 Å². The van der Waals surface area contributed by atoms with Crippen molar-refractivity contribution in [2.45, 2.75) is 32.4 Å². The Hall–Kier alpha value is -2.36. The summed E-state index contributed by atoms with van der Waals surface area (Å²) in [5, 5.41) is 2.82. The molecule has 1 aliphatic heterocycles. The normalized spacial score (nSPS) is 16.1. The Balaban J connectivity index is 1.49. The third kappa shape index (κ3) is 5.37. The minimum Gasteiger partial charge on any atom is -0.490 e. The Labute approximate surface area is 171 Å². The van der Waals surface area contributed by atoms with Crippen LogP contribution < -0.4 is 10.1 Å². The van der Waals surface area contributed by atoms with Crippen LogP contribution in [0.25, 0.3) is 0 Å². The fourth-order valence-corrected chi connectivity index (χ4v) is 4.27. The van der Waals surface area contributed by atoms with Crippen molar-refractivity contribution in [1.29, 1.82) is 0 Å². The molecule has 0 spiro atoms. The van der Waals surface area contributed by atoms with Crippen LogP contribution >= 0.6 is 0 Å². The van der Waals surface area contributed by atoms with Crippen LogP contribution in [0.1, 0.15) is 34.7 Å². The van der Waals surface area contributed by atoms with E-state index in [9.17, 15) is 13.2 Å². The van der Waals surface area contributed by atoms with Gasteiger partial charge >= 0.3 is 0 Å². The van der Waals surface area contributed by atoms with E-state index < -0.39 is 10.2 Å². The Morgan fingerprint density at radius 1 is 1.17 bits per heavy atom. The molecule has 0 bridgehead atoms. The lowest BCUT2D eigenvalue weighted by molar-refractivity contribution is 0.0947. The van der Waals surface area contributed by atoms with E-state index in [0.717, 1.165) is 5.76 Å². The summed E-state index contributed by atoms with van der Waals surface area (Å²) in [5.74, 6) is 1.99. The molecule has 3 rings (SSSR count). The van der Waals surface area contributed by atoms with E-state index in [1.165, 1.54) is 22.7 Å². The fourth-order valence-electron chi connectivity index (χ4n) is 3.14. The topological polar surface area (TPSA) is 92.1 Å². The number of piperidine rings is 1. The van der Waals surface area contributed by atoms with E-state index >= 15 is 0 Å². The number of ether oxygens (including phenoxy) is 1. The highest BCUT2D eigenvalue weighted by molar-refractivity contribution is 7.86. The van der Waals surface area contributed by atoms with E-state index in [4.69, 9.17) is 9.15 Å². The number of amides is 1. The van der Waals surface area contributed by atoms with E-state index in [1.54, 1.807) is 24.3 Å². The number of hydrogen-bond donors (Lipinski definition) is 1. The fraction of sp³-hybridized carbons (Fsp3) is 0.450. The molecular formula is C20H27N3O5S. The molecule has 0 aliphatic carbocycles. The van der Waals surface area contributed by atoms with Gasteiger partial charge in [-0.2, -0.15) is 17.0 Å². The third-order valence-electron chi connectivity index (χ3n) is 4.83. The molecule has 1 saturated heterocycles. The molecular weight excluding hydrogens is 394 g/mol. The quantitative estimate of drug-likeness (QED) is 0.740. The highest BCUT2D eigenvalue weighted by Crippen LogP contribution is 2.21. The van der Waals surface area contributed by atoms with Gasteiger partial charge in [-0.15, -0.1) is 0 Å². The van der Waals surface area contributed by atoms with Crippen LogP contribution in [0.3, 0.4) is 0 Å². The molecule has 9 heteroatoms. The SMILES string of the molecule is Cc1ccc(CNC(=O)c2ccc(OC3CCN(S(=O)(=O)N(C)C)CC3)cc2)o1. The first-order valence-corrected chi connectivity index (χ1v) is 10.9. The maximum atomic E-state index is 12.3. The number of nitrogens with one attached hydrogen (secondary N) is 1. The Kier molecular flexibility index (Phi) is 6.61. The number of rotatable bonds is 7. The molecule has 1 aliphatic rings. The predicted molar refractivity (Wildman–Crippen MR) is 109 cm³/mol. The molecule has 8 nitrogen and oxygen atoms in total. The summed E-state index contributed by atoms with van der Waals surface area (Å²) >= 11 is 0. The van der Waals surface area contributed by atoms with Crippen LogP contribution in [-0.4, -0.2) is 56.2 Å². The Bertz CT molecular complexity index is 929. The summed E-state index contributed by atoms with van der Waals surface area (Å²) in [6, 6.07) is 10.6. The van der Waals surface area contributed by atoms with Gasteiger partial charge in [0.05, 0.1) is 6.54 Å². The van der Waals surface area contributed by atoms with Gasteiger partial charge in [0.15, 0.2) is 0 Å². The van der Waals surface area contributed by atoms with Gasteiger partial charge in [-0.25, -0.2) is 0 Å². The molecule has 1 amide bonds. The molecule has 1 N–H and O–H groups in total. The second kappa shape index (κ2) is 8.98. The Morgan fingerprint density at radius 3 is 2.38 bits per heavy atom. The molecule has 0 saturated carbocycles. The highest BCUT2D eigenvalue weighted by atomic mass is 32.2. The van der Waals surface area contributed by atoms with Crippen molar-refractivity contribution in [3.05, 3.63) is 53.5 Å². The van der Waals surface area contributed by atoms with Gasteiger partial charge in [-0.3, -0.25) is 4.79 Å². The summed E-state index contributed by atoms with van der Waals surface area (Å²) < 4.78 is 38.4. The Morgan fingerprint density at radius 2 is 1.83 bits per heavy atom. The van der Waals surface area contributed by atoms with Crippen LogP contribution in [0.5, 0.6) is 5.75 Å². The molecule has 1 aromatic carbocycles. The second-order valence-electron chi connectivity index (χ2n) is 7.23. The smallest absolute Gasteiger partial charge is 0.281 e. The maximum Gasteiger partial charge on any atom is 0.281 e. The molecule has 2 aromatic rings. The van der Waals surface area contributed by atoms with Crippen molar-refractivity contribution < 1.29 is 22.4 Å². The lowest BCUT2D eigenvalue weighted by Gasteiger charge is -2.32. The number of benzene rings is 1. The van der Waals surface area contributed by atoms with Crippen molar-refractivity contribution >= 4 is 16.1 Å². The number of carbonyl (C=O) groups is 1. The molecule has 0 radical (unpaired) electrons. The molecule has 29 heavy (non-hydrogen) atoms. The van der Waals surface area contributed by atoms with Crippen molar-refractivity contribution in [3.8, 4) is 5.75 Å². The van der Waals surface area contributed by atoms with E-state index in [-0.39, 0.29) is 12.0 Å². The van der Waals surface area contributed by atoms with Gasteiger partial charge in [0.1, 0.15) is 23.4 Å². The maximum absolute atomic E-state index is 12.3. The predicted octanol–water partition coefficient (Wildman–Crippen LogP) is 2.17. The van der Waals surface area contributed by atoms with Crippen LogP contribution in [0.4, 0.5) is 0 Å². The van der Waals surface area contributed by atoms with E-state index in [1.807, 2.05) is 19.1 Å². The summed E-state index contributed by atoms with van der Waals surface area (Å²) in [7, 11) is -0.310. The average molecular weight is 422 g/mol. The molecule has 2 heterocycles. The highest BCUT2D eigenvalue weighted by Gasteiger charge is 2.30. The van der Waals surface area contributed by atoms with Crippen molar-refractivity contribution in [1.82, 2.24) is 13.9 Å². The van der Waals surface area contributed by atoms with Crippen LogP contribution in [0.15, 0.2) is 40.8 Å². The number of furan rings is 1. The lowest BCUT2D eigenvalue weighted by atomic mass is 10.1. The van der Waals surface area contributed by atoms with Gasteiger partial charge in [-0.1, -0.05) is 0 Å². The van der Waals surface area contributed by atoms with Gasteiger partial charge in [0, 0.05) is 32.7 Å². The van der Waals surface area contributed by atoms with E-state index in [2.05, 4.69) is 5.32 Å². The second-order valence-corrected chi connectivity index (χ2v) is 9.37. The van der Waals surface area contributed by atoms with Crippen LogP contribution in [0, 0.1) is 6.92 Å². The number of carbonyl (C=O) groups excluding carboxylic acids is 1. The standard InChI is InChI=1S/C20H27N3O5S/c1-15-4-7-19(27-15)14-21-20(24)16-5-8-17(9-6-16)28-18-10-12-23(13-11-18)29(25,26)22(2)3/h4-9,18H,10-14H2,1-3H3,(H,21,24). The summed E-state index contributed by atoms with van der Waals surface area (Å²) in [6.07, 6.45) is 1.20. The van der Waals surface area contributed by atoms with Crippen molar-refractivity contribution in [2.24, 2.45) is 0 Å². The summed E-state index contributed by atoms with van der Waals surface area (Å²) in [4.78, 5) is 12.3. The molecule has 1 fully saturated rings. The summed E-state index contributed by atoms with van der Waals surface area (Å²) in [5.41, 5.74) is 0.535. The zero-order chi connectivity index (χ0) is 21.0. The van der Waals surface area contributed by atoms with Crippen molar-refractivity contribution in [2.75, 3.05) is 27.2 Å². The minimum atomic E-state index is -3.38. The first kappa shape index (κ1) is 21.4. The zero-order valence-electron chi connectivity index (χ0n) is 16.9.